The van der Waals surface area contributed by atoms with Crippen LogP contribution in [0.4, 0.5) is 0 Å². The van der Waals surface area contributed by atoms with Gasteiger partial charge in [-0.05, 0) is 70.8 Å². The number of aliphatic hydroxyl groups is 1. The first-order valence-electron chi connectivity index (χ1n) is 10.0. The monoisotopic (exact) mass is 450 g/mol. The van der Waals surface area contributed by atoms with Crippen LogP contribution in [0.5, 0.6) is 0 Å². The summed E-state index contributed by atoms with van der Waals surface area (Å²) in [6.45, 7) is 19.4. The molecule has 1 unspecified atom stereocenters. The molecule has 166 valence electrons. The first kappa shape index (κ1) is 27.7. The van der Waals surface area contributed by atoms with Crippen molar-refractivity contribution in [1.29, 1.82) is 0 Å². The lowest BCUT2D eigenvalue weighted by atomic mass is 10.3. The van der Waals surface area contributed by atoms with Crippen LogP contribution in [0.3, 0.4) is 0 Å². The largest absolute Gasteiger partial charge is 0.460 e. The fourth-order valence-electron chi connectivity index (χ4n) is 2.72. The van der Waals surface area contributed by atoms with Gasteiger partial charge >= 0.3 is 5.97 Å². The van der Waals surface area contributed by atoms with Crippen molar-refractivity contribution in [3.05, 3.63) is 12.2 Å². The van der Waals surface area contributed by atoms with Gasteiger partial charge in [0.2, 0.25) is 0 Å². The molecule has 0 bridgehead atoms. The molecule has 1 N–H and O–H groups in total. The molecule has 0 aromatic carbocycles. The predicted octanol–water partition coefficient (Wildman–Crippen LogP) is 4.15. The normalized spacial score (nSPS) is 14.0. The Balaban J connectivity index is 4.09. The van der Waals surface area contributed by atoms with Gasteiger partial charge in [-0.25, -0.2) is 4.79 Å². The van der Waals surface area contributed by atoms with Gasteiger partial charge in [0.25, 0.3) is 0 Å². The third kappa shape index (κ3) is 13.8. The van der Waals surface area contributed by atoms with Crippen molar-refractivity contribution in [2.24, 2.45) is 0 Å². The predicted molar refractivity (Wildman–Crippen MR) is 122 cm³/mol. The van der Waals surface area contributed by atoms with Gasteiger partial charge in [0.05, 0.1) is 6.61 Å². The van der Waals surface area contributed by atoms with Crippen LogP contribution in [-0.4, -0.2) is 69.1 Å². The second kappa shape index (κ2) is 12.4. The fraction of sp³-hybridized carbons (Fsp3) is 0.842. The molecule has 9 heteroatoms. The third-order valence-electron chi connectivity index (χ3n) is 4.57. The molecular formula is C19H42O6Si3. The summed E-state index contributed by atoms with van der Waals surface area (Å²) in [5, 5.41) is 9.79. The molecule has 0 spiro atoms. The molecule has 0 aromatic rings. The summed E-state index contributed by atoms with van der Waals surface area (Å²) in [5.74, 6) is -0.493. The van der Waals surface area contributed by atoms with Crippen molar-refractivity contribution in [2.45, 2.75) is 76.9 Å². The Bertz CT molecular complexity index is 494. The first-order chi connectivity index (χ1) is 12.7. The summed E-state index contributed by atoms with van der Waals surface area (Å²) in [5.41, 5.74) is 0.319. The van der Waals surface area contributed by atoms with Crippen molar-refractivity contribution >= 4 is 30.9 Å². The summed E-state index contributed by atoms with van der Waals surface area (Å²) < 4.78 is 22.7. The van der Waals surface area contributed by atoms with Gasteiger partial charge in [-0.2, -0.15) is 0 Å². The van der Waals surface area contributed by atoms with Crippen LogP contribution < -0.4 is 0 Å². The first-order valence-corrected chi connectivity index (χ1v) is 19.4. The number of carbonyl (C=O) groups excluding carboxylic acids is 1. The van der Waals surface area contributed by atoms with Crippen molar-refractivity contribution in [1.82, 2.24) is 0 Å². The average molecular weight is 451 g/mol. The molecular weight excluding hydrogens is 408 g/mol. The lowest BCUT2D eigenvalue weighted by Crippen LogP contribution is -2.45. The number of ether oxygens (including phenoxy) is 2. The molecule has 0 fully saturated rings. The van der Waals surface area contributed by atoms with Crippen molar-refractivity contribution < 1.29 is 27.9 Å². The number of esters is 1. The highest BCUT2D eigenvalue weighted by atomic mass is 28.4. The average Bonchev–Trinajstić information content (AvgIpc) is 2.56. The minimum Gasteiger partial charge on any atom is -0.460 e. The molecule has 0 aliphatic heterocycles. The summed E-state index contributed by atoms with van der Waals surface area (Å²) >= 11 is 0. The van der Waals surface area contributed by atoms with E-state index in [4.69, 9.17) is 18.0 Å². The Labute approximate surface area is 175 Å². The zero-order chi connectivity index (χ0) is 22.0. The molecule has 1 atom stereocenters. The molecule has 0 rings (SSSR count). The van der Waals surface area contributed by atoms with Gasteiger partial charge in [-0.3, -0.25) is 0 Å². The minimum atomic E-state index is -1.75. The Morgan fingerprint density at radius 2 is 1.50 bits per heavy atom. The van der Waals surface area contributed by atoms with Crippen LogP contribution in [0.25, 0.3) is 0 Å². The molecule has 0 heterocycles. The third-order valence-corrected chi connectivity index (χ3v) is 15.1. The molecule has 0 aliphatic carbocycles. The van der Waals surface area contributed by atoms with E-state index in [0.29, 0.717) is 12.2 Å². The van der Waals surface area contributed by atoms with Crippen LogP contribution in [0.15, 0.2) is 12.2 Å². The highest BCUT2D eigenvalue weighted by Gasteiger charge is 2.34. The maximum atomic E-state index is 11.3. The van der Waals surface area contributed by atoms with E-state index in [0.717, 1.165) is 24.6 Å². The Morgan fingerprint density at radius 1 is 0.964 bits per heavy atom. The standard InChI is InChI=1S/C19H42O6Si3/c1-17(2)19(21)24-16-18(20)15-23-11-10-12-27(6,7)25-28(8,9)14-13-26(4,5)22-3/h18,20H,1,10-16H2,2-9H3. The number of aliphatic hydroxyl groups excluding tert-OH is 1. The van der Waals surface area contributed by atoms with E-state index < -0.39 is 37.0 Å². The zero-order valence-corrected chi connectivity index (χ0v) is 22.2. The van der Waals surface area contributed by atoms with Gasteiger partial charge in [-0.1, -0.05) is 6.58 Å². The van der Waals surface area contributed by atoms with E-state index in [1.54, 1.807) is 6.92 Å². The highest BCUT2D eigenvalue weighted by molar-refractivity contribution is 6.85. The lowest BCUT2D eigenvalue weighted by Gasteiger charge is -2.35. The van der Waals surface area contributed by atoms with Gasteiger partial charge in [-0.15, -0.1) is 0 Å². The van der Waals surface area contributed by atoms with Gasteiger partial charge in [0, 0.05) is 19.3 Å². The Hall–Kier alpha value is -0.299. The summed E-state index contributed by atoms with van der Waals surface area (Å²) in [6.07, 6.45) is 0.0877. The molecule has 0 amide bonds. The summed E-state index contributed by atoms with van der Waals surface area (Å²) in [4.78, 5) is 11.3. The summed E-state index contributed by atoms with van der Waals surface area (Å²) in [6, 6.07) is 3.31. The molecule has 0 radical (unpaired) electrons. The maximum Gasteiger partial charge on any atom is 0.333 e. The molecule has 0 aromatic heterocycles. The zero-order valence-electron chi connectivity index (χ0n) is 19.2. The van der Waals surface area contributed by atoms with Crippen molar-refractivity contribution in [2.75, 3.05) is 26.9 Å². The van der Waals surface area contributed by atoms with E-state index >= 15 is 0 Å². The van der Waals surface area contributed by atoms with Gasteiger partial charge in [0.1, 0.15) is 12.7 Å². The van der Waals surface area contributed by atoms with E-state index in [1.165, 1.54) is 0 Å². The van der Waals surface area contributed by atoms with E-state index in [9.17, 15) is 9.90 Å². The van der Waals surface area contributed by atoms with Gasteiger partial charge < -0.3 is 23.1 Å². The number of hydrogen-bond acceptors (Lipinski definition) is 6. The molecule has 6 nitrogen and oxygen atoms in total. The van der Waals surface area contributed by atoms with E-state index in [2.05, 4.69) is 45.9 Å². The maximum absolute atomic E-state index is 11.3. The Kier molecular flexibility index (Phi) is 12.3. The number of hydrogen-bond donors (Lipinski definition) is 1. The van der Waals surface area contributed by atoms with Crippen LogP contribution >= 0.6 is 0 Å². The van der Waals surface area contributed by atoms with Crippen LogP contribution in [0.2, 0.25) is 57.4 Å². The topological polar surface area (TPSA) is 74.2 Å². The SMILES string of the molecule is C=C(C)C(=O)OCC(O)COCCC[Si](C)(C)O[Si](C)(C)CC[Si](C)(C)OC. The van der Waals surface area contributed by atoms with Crippen LogP contribution in [0.1, 0.15) is 13.3 Å². The van der Waals surface area contributed by atoms with E-state index in [1.807, 2.05) is 7.11 Å². The highest BCUT2D eigenvalue weighted by Crippen LogP contribution is 2.26. The second-order valence-electron chi connectivity index (χ2n) is 9.30. The second-order valence-corrected chi connectivity index (χ2v) is 22.6. The minimum absolute atomic E-state index is 0.0734. The number of carbonyl (C=O) groups is 1. The van der Waals surface area contributed by atoms with E-state index in [-0.39, 0.29) is 13.2 Å². The smallest absolute Gasteiger partial charge is 0.333 e. The van der Waals surface area contributed by atoms with Crippen LogP contribution in [-0.2, 0) is 22.8 Å². The van der Waals surface area contributed by atoms with Gasteiger partial charge in [0.15, 0.2) is 25.0 Å². The molecule has 0 saturated carbocycles. The Morgan fingerprint density at radius 3 is 2.04 bits per heavy atom. The molecule has 0 aliphatic rings. The number of rotatable bonds is 15. The molecule has 0 saturated heterocycles. The summed E-state index contributed by atoms with van der Waals surface area (Å²) in [7, 11) is -3.17. The van der Waals surface area contributed by atoms with Crippen molar-refractivity contribution in [3.63, 3.8) is 0 Å². The van der Waals surface area contributed by atoms with Crippen LogP contribution in [0, 0.1) is 0 Å². The quantitative estimate of drug-likeness (QED) is 0.175. The lowest BCUT2D eigenvalue weighted by molar-refractivity contribution is -0.143. The fourth-order valence-corrected chi connectivity index (χ4v) is 15.5. The van der Waals surface area contributed by atoms with Crippen molar-refractivity contribution in [3.8, 4) is 0 Å². The molecule has 28 heavy (non-hydrogen) atoms.